The van der Waals surface area contributed by atoms with Crippen LogP contribution in [0.1, 0.15) is 17.0 Å². The maximum atomic E-state index is 13.3. The molecule has 1 unspecified atom stereocenters. The third-order valence-corrected chi connectivity index (χ3v) is 5.10. The van der Waals surface area contributed by atoms with E-state index in [0.717, 1.165) is 5.56 Å². The van der Waals surface area contributed by atoms with Gasteiger partial charge in [-0.25, -0.2) is 13.9 Å². The number of hydrogen-bond donors (Lipinski definition) is 3. The molecular formula is C21H20FN4O6P. The molecule has 1 aromatic carbocycles. The van der Waals surface area contributed by atoms with Crippen molar-refractivity contribution in [1.82, 2.24) is 15.0 Å². The highest BCUT2D eigenvalue weighted by atomic mass is 31.2. The molecule has 0 spiro atoms. The molecule has 0 aliphatic carbocycles. The number of aromatic nitrogens is 2. The van der Waals surface area contributed by atoms with Crippen LogP contribution in [0.15, 0.2) is 71.5 Å². The summed E-state index contributed by atoms with van der Waals surface area (Å²) < 4.78 is 39.7. The lowest BCUT2D eigenvalue weighted by Gasteiger charge is -2.30. The lowest BCUT2D eigenvalue weighted by Crippen LogP contribution is -2.41. The van der Waals surface area contributed by atoms with Crippen molar-refractivity contribution in [1.29, 1.82) is 0 Å². The SMILES string of the molecule is NC1C(c2cc(Cc3ccc(Oc4cccc(F)c4)nc3)no2)=CC=CN1COP(=O)(O)O. The summed E-state index contributed by atoms with van der Waals surface area (Å²) in [6, 6.07) is 11.0. The maximum Gasteiger partial charge on any atom is 0.471 e. The summed E-state index contributed by atoms with van der Waals surface area (Å²) >= 11 is 0. The van der Waals surface area contributed by atoms with Crippen molar-refractivity contribution in [2.24, 2.45) is 5.73 Å². The number of ether oxygens (including phenoxy) is 1. The molecular weight excluding hydrogens is 454 g/mol. The quantitative estimate of drug-likeness (QED) is 0.416. The lowest BCUT2D eigenvalue weighted by atomic mass is 10.1. The van der Waals surface area contributed by atoms with Gasteiger partial charge in [0.15, 0.2) is 5.76 Å². The Balaban J connectivity index is 1.39. The maximum absolute atomic E-state index is 13.3. The number of allylic oxidation sites excluding steroid dienone is 2. The minimum Gasteiger partial charge on any atom is -0.439 e. The van der Waals surface area contributed by atoms with Gasteiger partial charge in [0.1, 0.15) is 24.5 Å². The average molecular weight is 474 g/mol. The number of pyridine rings is 1. The first-order valence-corrected chi connectivity index (χ1v) is 11.2. The Labute approximate surface area is 188 Å². The van der Waals surface area contributed by atoms with E-state index in [9.17, 15) is 8.96 Å². The second-order valence-corrected chi connectivity index (χ2v) is 8.33. The Bertz CT molecular complexity index is 1220. The van der Waals surface area contributed by atoms with Crippen molar-refractivity contribution in [3.8, 4) is 11.6 Å². The molecule has 4 rings (SSSR count). The third kappa shape index (κ3) is 6.13. The van der Waals surface area contributed by atoms with Crippen LogP contribution in [0.4, 0.5) is 4.39 Å². The van der Waals surface area contributed by atoms with E-state index in [1.54, 1.807) is 48.8 Å². The fraction of sp³-hybridized carbons (Fsp3) is 0.143. The fourth-order valence-electron chi connectivity index (χ4n) is 3.09. The van der Waals surface area contributed by atoms with Gasteiger partial charge >= 0.3 is 7.82 Å². The molecule has 3 aromatic rings. The Morgan fingerprint density at radius 1 is 1.24 bits per heavy atom. The number of nitrogens with two attached hydrogens (primary N) is 1. The number of phosphoric ester groups is 1. The Kier molecular flexibility index (Phi) is 6.68. The minimum atomic E-state index is -4.63. The monoisotopic (exact) mass is 474 g/mol. The molecule has 2 aromatic heterocycles. The van der Waals surface area contributed by atoms with Gasteiger partial charge in [0.2, 0.25) is 5.88 Å². The van der Waals surface area contributed by atoms with Gasteiger partial charge in [-0.2, -0.15) is 0 Å². The normalized spacial score (nSPS) is 16.1. The van der Waals surface area contributed by atoms with Crippen molar-refractivity contribution >= 4 is 13.4 Å². The highest BCUT2D eigenvalue weighted by Gasteiger charge is 2.25. The number of nitrogens with zero attached hydrogens (tertiary/aromatic N) is 3. The summed E-state index contributed by atoms with van der Waals surface area (Å²) in [5, 5.41) is 4.06. The molecule has 1 aliphatic heterocycles. The summed E-state index contributed by atoms with van der Waals surface area (Å²) in [4.78, 5) is 23.4. The molecule has 1 atom stereocenters. The molecule has 0 bridgehead atoms. The highest BCUT2D eigenvalue weighted by Crippen LogP contribution is 2.36. The molecule has 3 heterocycles. The molecule has 33 heavy (non-hydrogen) atoms. The second-order valence-electron chi connectivity index (χ2n) is 7.09. The second kappa shape index (κ2) is 9.65. The van der Waals surface area contributed by atoms with E-state index < -0.39 is 26.5 Å². The van der Waals surface area contributed by atoms with E-state index in [1.165, 1.54) is 17.0 Å². The molecule has 0 saturated carbocycles. The zero-order valence-electron chi connectivity index (χ0n) is 17.1. The predicted molar refractivity (Wildman–Crippen MR) is 115 cm³/mol. The lowest BCUT2D eigenvalue weighted by molar-refractivity contribution is 0.110. The van der Waals surface area contributed by atoms with E-state index in [2.05, 4.69) is 14.7 Å². The van der Waals surface area contributed by atoms with Gasteiger partial charge in [-0.1, -0.05) is 23.4 Å². The number of hydrogen-bond acceptors (Lipinski definition) is 8. The first kappa shape index (κ1) is 22.8. The van der Waals surface area contributed by atoms with Crippen LogP contribution in [0.25, 0.3) is 5.57 Å². The zero-order chi connectivity index (χ0) is 23.4. The number of phosphoric acid groups is 1. The number of halogens is 1. The topological polar surface area (TPSA) is 144 Å². The van der Waals surface area contributed by atoms with Crippen molar-refractivity contribution in [3.63, 3.8) is 0 Å². The average Bonchev–Trinajstić information content (AvgIpc) is 3.22. The minimum absolute atomic E-state index is 0.327. The number of rotatable bonds is 8. The summed E-state index contributed by atoms with van der Waals surface area (Å²) in [6.45, 7) is -0.393. The first-order valence-electron chi connectivity index (χ1n) is 9.71. The largest absolute Gasteiger partial charge is 0.471 e. The van der Waals surface area contributed by atoms with Crippen LogP contribution in [0.2, 0.25) is 0 Å². The van der Waals surface area contributed by atoms with Crippen molar-refractivity contribution in [2.45, 2.75) is 12.6 Å². The van der Waals surface area contributed by atoms with Crippen LogP contribution in [-0.4, -0.2) is 37.7 Å². The van der Waals surface area contributed by atoms with Crippen molar-refractivity contribution < 1.29 is 32.5 Å². The third-order valence-electron chi connectivity index (χ3n) is 4.65. The summed E-state index contributed by atoms with van der Waals surface area (Å²) in [5.74, 6) is 0.699. The summed E-state index contributed by atoms with van der Waals surface area (Å²) in [5.41, 5.74) is 8.22. The van der Waals surface area contributed by atoms with Gasteiger partial charge < -0.3 is 29.7 Å². The number of benzene rings is 1. The zero-order valence-corrected chi connectivity index (χ0v) is 18.0. The molecule has 0 saturated heterocycles. The van der Waals surface area contributed by atoms with Gasteiger partial charge in [0.25, 0.3) is 0 Å². The van der Waals surface area contributed by atoms with Gasteiger partial charge in [-0.3, -0.25) is 4.52 Å². The van der Waals surface area contributed by atoms with E-state index in [-0.39, 0.29) is 0 Å². The van der Waals surface area contributed by atoms with E-state index in [0.29, 0.717) is 35.1 Å². The van der Waals surface area contributed by atoms with Crippen LogP contribution in [0.5, 0.6) is 11.6 Å². The van der Waals surface area contributed by atoms with E-state index in [1.807, 2.05) is 6.07 Å². The van der Waals surface area contributed by atoms with Crippen LogP contribution >= 0.6 is 7.82 Å². The highest BCUT2D eigenvalue weighted by molar-refractivity contribution is 7.46. The Morgan fingerprint density at radius 3 is 2.82 bits per heavy atom. The van der Waals surface area contributed by atoms with Crippen LogP contribution in [0.3, 0.4) is 0 Å². The molecule has 0 amide bonds. The molecule has 10 nitrogen and oxygen atoms in total. The van der Waals surface area contributed by atoms with Gasteiger partial charge in [0, 0.05) is 42.6 Å². The van der Waals surface area contributed by atoms with Crippen LogP contribution in [0, 0.1) is 5.82 Å². The fourth-order valence-corrected chi connectivity index (χ4v) is 3.37. The summed E-state index contributed by atoms with van der Waals surface area (Å²) in [7, 11) is -4.63. The molecule has 0 radical (unpaired) electrons. The van der Waals surface area contributed by atoms with E-state index >= 15 is 0 Å². The van der Waals surface area contributed by atoms with Gasteiger partial charge in [-0.05, 0) is 23.8 Å². The molecule has 172 valence electrons. The van der Waals surface area contributed by atoms with Crippen LogP contribution < -0.4 is 10.5 Å². The molecule has 12 heteroatoms. The van der Waals surface area contributed by atoms with Gasteiger partial charge in [-0.15, -0.1) is 0 Å². The van der Waals surface area contributed by atoms with Crippen LogP contribution in [-0.2, 0) is 15.5 Å². The molecule has 0 fully saturated rings. The summed E-state index contributed by atoms with van der Waals surface area (Å²) in [6.07, 6.45) is 6.25. The van der Waals surface area contributed by atoms with Gasteiger partial charge in [0.05, 0.1) is 5.69 Å². The Morgan fingerprint density at radius 2 is 2.09 bits per heavy atom. The Hall–Kier alpha value is -3.34. The van der Waals surface area contributed by atoms with E-state index in [4.69, 9.17) is 24.8 Å². The van der Waals surface area contributed by atoms with Crippen molar-refractivity contribution in [2.75, 3.05) is 6.73 Å². The predicted octanol–water partition coefficient (Wildman–Crippen LogP) is 3.16. The molecule has 1 aliphatic rings. The van der Waals surface area contributed by atoms with Crippen molar-refractivity contribution in [3.05, 3.63) is 89.8 Å². The molecule has 4 N–H and O–H groups in total. The smallest absolute Gasteiger partial charge is 0.439 e. The first-order chi connectivity index (χ1) is 15.8. The standard InChI is InChI=1S/C21H20FN4O6P/c22-15-3-1-4-17(10-15)31-20-7-6-14(12-24-20)9-16-11-19(32-25-16)18-5-2-8-26(21(18)23)13-30-33(27,28)29/h1-8,10-12,21H,9,13,23H2,(H2,27,28,29).